The van der Waals surface area contributed by atoms with E-state index in [1.807, 2.05) is 6.07 Å². The number of nitrogens with zero attached hydrogens (tertiary/aromatic N) is 2. The summed E-state index contributed by atoms with van der Waals surface area (Å²) in [6.45, 7) is 8.80. The summed E-state index contributed by atoms with van der Waals surface area (Å²) in [4.78, 5) is 17.3. The van der Waals surface area contributed by atoms with Crippen molar-refractivity contribution in [3.8, 4) is 5.75 Å². The number of ether oxygens (including phenoxy) is 1. The van der Waals surface area contributed by atoms with Crippen LogP contribution in [-0.2, 0) is 18.4 Å². The summed E-state index contributed by atoms with van der Waals surface area (Å²) in [5, 5.41) is 3.55. The summed E-state index contributed by atoms with van der Waals surface area (Å²) in [7, 11) is 0. The minimum absolute atomic E-state index is 0.107. The number of benzene rings is 3. The molecular weight excluding hydrogens is 482 g/mol. The second-order valence-corrected chi connectivity index (χ2v) is 10.8. The van der Waals surface area contributed by atoms with Crippen molar-refractivity contribution in [1.29, 1.82) is 0 Å². The molecule has 37 heavy (non-hydrogen) atoms. The lowest BCUT2D eigenvalue weighted by molar-refractivity contribution is 0.0953. The molecule has 6 heteroatoms. The Morgan fingerprint density at radius 3 is 2.51 bits per heavy atom. The second-order valence-electron chi connectivity index (χ2n) is 10.4. The molecule has 0 aliphatic carbocycles. The Morgan fingerprint density at radius 2 is 1.76 bits per heavy atom. The van der Waals surface area contributed by atoms with E-state index in [1.165, 1.54) is 5.56 Å². The number of unbranched alkanes of at least 4 members (excludes halogenated alkanes) is 1. The van der Waals surface area contributed by atoms with Crippen LogP contribution in [0.3, 0.4) is 0 Å². The highest BCUT2D eigenvalue weighted by Gasteiger charge is 2.13. The van der Waals surface area contributed by atoms with Crippen molar-refractivity contribution in [3.63, 3.8) is 0 Å². The van der Waals surface area contributed by atoms with Gasteiger partial charge < -0.3 is 14.6 Å². The number of para-hydroxylation sites is 2. The number of hydrogen-bond acceptors (Lipinski definition) is 3. The van der Waals surface area contributed by atoms with Gasteiger partial charge in [0.2, 0.25) is 0 Å². The minimum Gasteiger partial charge on any atom is -0.494 e. The fraction of sp³-hybridized carbons (Fsp3) is 0.355. The fourth-order valence-corrected chi connectivity index (χ4v) is 4.55. The van der Waals surface area contributed by atoms with Crippen molar-refractivity contribution < 1.29 is 9.53 Å². The van der Waals surface area contributed by atoms with Gasteiger partial charge in [-0.15, -0.1) is 0 Å². The molecule has 0 aliphatic rings. The molecule has 1 heterocycles. The number of nitrogens with one attached hydrogen (secondary N) is 1. The predicted molar refractivity (Wildman–Crippen MR) is 152 cm³/mol. The van der Waals surface area contributed by atoms with Gasteiger partial charge in [-0.25, -0.2) is 4.98 Å². The molecular formula is C31H36ClN3O2. The third-order valence-corrected chi connectivity index (χ3v) is 6.68. The molecule has 0 saturated heterocycles. The standard InChI is InChI=1S/C31H36ClN3O2/c1-31(2,3)24-15-17-26(18-16-24)37-21-7-6-20-35-28-13-5-4-12-27(28)34-29(35)14-9-19-33-30(36)23-10-8-11-25(32)22-23/h4-5,8,10-13,15-18,22H,6-7,9,14,19-21H2,1-3H3,(H,33,36). The average molecular weight is 518 g/mol. The first-order valence-electron chi connectivity index (χ1n) is 13.0. The molecule has 0 spiro atoms. The molecule has 0 unspecified atom stereocenters. The Labute approximate surface area is 224 Å². The van der Waals surface area contributed by atoms with Crippen molar-refractivity contribution in [2.45, 2.75) is 58.4 Å². The predicted octanol–water partition coefficient (Wildman–Crippen LogP) is 7.21. The summed E-state index contributed by atoms with van der Waals surface area (Å²) in [5.41, 5.74) is 4.19. The van der Waals surface area contributed by atoms with E-state index in [0.717, 1.165) is 54.8 Å². The summed E-state index contributed by atoms with van der Waals surface area (Å²) in [5.74, 6) is 1.86. The Bertz CT molecular complexity index is 1320. The first-order chi connectivity index (χ1) is 17.8. The number of carbonyl (C=O) groups is 1. The number of hydrogen-bond donors (Lipinski definition) is 1. The van der Waals surface area contributed by atoms with Gasteiger partial charge in [-0.2, -0.15) is 0 Å². The summed E-state index contributed by atoms with van der Waals surface area (Å²) >= 11 is 6.00. The summed E-state index contributed by atoms with van der Waals surface area (Å²) in [6.07, 6.45) is 3.56. The normalized spacial score (nSPS) is 11.6. The van der Waals surface area contributed by atoms with Crippen molar-refractivity contribution in [3.05, 3.63) is 94.8 Å². The maximum absolute atomic E-state index is 12.4. The molecule has 1 N–H and O–H groups in total. The van der Waals surface area contributed by atoms with E-state index >= 15 is 0 Å². The third kappa shape index (κ3) is 7.36. The molecule has 3 aromatic carbocycles. The minimum atomic E-state index is -0.107. The van der Waals surface area contributed by atoms with Gasteiger partial charge in [-0.1, -0.05) is 62.7 Å². The van der Waals surface area contributed by atoms with Gasteiger partial charge in [0.05, 0.1) is 17.6 Å². The molecule has 4 aromatic rings. The molecule has 0 bridgehead atoms. The van der Waals surface area contributed by atoms with Crippen LogP contribution in [0, 0.1) is 0 Å². The van der Waals surface area contributed by atoms with E-state index in [0.29, 0.717) is 23.7 Å². The topological polar surface area (TPSA) is 56.1 Å². The number of imidazole rings is 1. The van der Waals surface area contributed by atoms with E-state index in [1.54, 1.807) is 24.3 Å². The number of aryl methyl sites for hydroxylation is 2. The first-order valence-corrected chi connectivity index (χ1v) is 13.4. The highest BCUT2D eigenvalue weighted by molar-refractivity contribution is 6.30. The number of carbonyl (C=O) groups excluding carboxylic acids is 1. The van der Waals surface area contributed by atoms with Crippen LogP contribution in [0.5, 0.6) is 5.75 Å². The lowest BCUT2D eigenvalue weighted by Gasteiger charge is -2.19. The molecule has 0 atom stereocenters. The number of rotatable bonds is 11. The number of aromatic nitrogens is 2. The third-order valence-electron chi connectivity index (χ3n) is 6.45. The van der Waals surface area contributed by atoms with Gasteiger partial charge in [0.1, 0.15) is 11.6 Å². The highest BCUT2D eigenvalue weighted by atomic mass is 35.5. The van der Waals surface area contributed by atoms with Crippen LogP contribution in [0.1, 0.15) is 61.8 Å². The quantitative estimate of drug-likeness (QED) is 0.214. The smallest absolute Gasteiger partial charge is 0.251 e. The van der Waals surface area contributed by atoms with Crippen LogP contribution in [0.2, 0.25) is 5.02 Å². The molecule has 1 amide bonds. The molecule has 4 rings (SSSR count). The van der Waals surface area contributed by atoms with Crippen LogP contribution in [0.25, 0.3) is 11.0 Å². The van der Waals surface area contributed by atoms with Crippen molar-refractivity contribution in [1.82, 2.24) is 14.9 Å². The van der Waals surface area contributed by atoms with E-state index in [9.17, 15) is 4.79 Å². The first kappa shape index (κ1) is 26.7. The molecule has 0 saturated carbocycles. The molecule has 0 radical (unpaired) electrons. The Hall–Kier alpha value is -3.31. The van der Waals surface area contributed by atoms with Gasteiger partial charge in [0.15, 0.2) is 0 Å². The summed E-state index contributed by atoms with van der Waals surface area (Å²) < 4.78 is 8.29. The monoisotopic (exact) mass is 517 g/mol. The fourth-order valence-electron chi connectivity index (χ4n) is 4.36. The highest BCUT2D eigenvalue weighted by Crippen LogP contribution is 2.24. The van der Waals surface area contributed by atoms with Crippen LogP contribution in [-0.4, -0.2) is 28.6 Å². The Kier molecular flexibility index (Phi) is 8.88. The number of fused-ring (bicyclic) bond motifs is 1. The number of amides is 1. The molecule has 0 aliphatic heterocycles. The summed E-state index contributed by atoms with van der Waals surface area (Å²) in [6, 6.07) is 23.7. The zero-order valence-corrected chi connectivity index (χ0v) is 22.7. The van der Waals surface area contributed by atoms with Gasteiger partial charge >= 0.3 is 0 Å². The van der Waals surface area contributed by atoms with E-state index in [4.69, 9.17) is 21.3 Å². The molecule has 1 aromatic heterocycles. The zero-order valence-electron chi connectivity index (χ0n) is 22.0. The SMILES string of the molecule is CC(C)(C)c1ccc(OCCCCn2c(CCCNC(=O)c3cccc(Cl)c3)nc3ccccc32)cc1. The van der Waals surface area contributed by atoms with Gasteiger partial charge in [0.25, 0.3) is 5.91 Å². The van der Waals surface area contributed by atoms with Gasteiger partial charge in [-0.05, 0) is 72.7 Å². The largest absolute Gasteiger partial charge is 0.494 e. The molecule has 5 nitrogen and oxygen atoms in total. The lowest BCUT2D eigenvalue weighted by atomic mass is 9.87. The lowest BCUT2D eigenvalue weighted by Crippen LogP contribution is -2.25. The van der Waals surface area contributed by atoms with Gasteiger partial charge in [-0.3, -0.25) is 4.79 Å². The maximum atomic E-state index is 12.4. The van der Waals surface area contributed by atoms with E-state index < -0.39 is 0 Å². The van der Waals surface area contributed by atoms with Crippen LogP contribution in [0.15, 0.2) is 72.8 Å². The van der Waals surface area contributed by atoms with Gasteiger partial charge in [0, 0.05) is 30.1 Å². The van der Waals surface area contributed by atoms with Crippen molar-refractivity contribution in [2.75, 3.05) is 13.2 Å². The van der Waals surface area contributed by atoms with Crippen LogP contribution in [0.4, 0.5) is 0 Å². The number of halogens is 1. The van der Waals surface area contributed by atoms with E-state index in [-0.39, 0.29) is 11.3 Å². The Morgan fingerprint density at radius 1 is 0.973 bits per heavy atom. The van der Waals surface area contributed by atoms with Crippen LogP contribution >= 0.6 is 11.6 Å². The second kappa shape index (κ2) is 12.3. The molecule has 0 fully saturated rings. The molecule has 194 valence electrons. The Balaban J connectivity index is 1.27. The van der Waals surface area contributed by atoms with Crippen LogP contribution < -0.4 is 10.1 Å². The average Bonchev–Trinajstić information content (AvgIpc) is 3.23. The zero-order chi connectivity index (χ0) is 26.3. The van der Waals surface area contributed by atoms with Crippen molar-refractivity contribution in [2.24, 2.45) is 0 Å². The van der Waals surface area contributed by atoms with Crippen molar-refractivity contribution >= 4 is 28.5 Å². The maximum Gasteiger partial charge on any atom is 0.251 e. The van der Waals surface area contributed by atoms with E-state index in [2.05, 4.69) is 73.1 Å².